The number of hydrogen-bond donors (Lipinski definition) is 1. The lowest BCUT2D eigenvalue weighted by atomic mass is 9.87. The van der Waals surface area contributed by atoms with E-state index in [0.717, 1.165) is 33.9 Å². The number of rotatable bonds is 11. The summed E-state index contributed by atoms with van der Waals surface area (Å²) in [5.74, 6) is 2.00. The molecule has 8 nitrogen and oxygen atoms in total. The van der Waals surface area contributed by atoms with Crippen LogP contribution < -0.4 is 14.9 Å². The highest BCUT2D eigenvalue weighted by Crippen LogP contribution is 2.31. The van der Waals surface area contributed by atoms with E-state index in [-0.39, 0.29) is 17.1 Å². The van der Waals surface area contributed by atoms with Crippen LogP contribution in [0.4, 0.5) is 0 Å². The molecule has 5 rings (SSSR count). The van der Waals surface area contributed by atoms with E-state index in [1.54, 1.807) is 13.3 Å². The van der Waals surface area contributed by atoms with Crippen LogP contribution in [0.15, 0.2) is 113 Å². The van der Waals surface area contributed by atoms with Gasteiger partial charge in [0.05, 0.1) is 19.1 Å². The first kappa shape index (κ1) is 30.6. The molecule has 9 heteroatoms. The maximum Gasteiger partial charge on any atom is 0.250 e. The molecule has 0 saturated carbocycles. The molecule has 0 aliphatic heterocycles. The Kier molecular flexibility index (Phi) is 9.76. The smallest absolute Gasteiger partial charge is 0.250 e. The zero-order chi connectivity index (χ0) is 30.9. The number of nitrogens with one attached hydrogen (secondary N) is 1. The van der Waals surface area contributed by atoms with Crippen molar-refractivity contribution in [3.8, 4) is 28.6 Å². The number of ether oxygens (including phenoxy) is 2. The third-order valence-corrected chi connectivity index (χ3v) is 7.74. The van der Waals surface area contributed by atoms with Gasteiger partial charge in [-0.15, -0.1) is 10.2 Å². The van der Waals surface area contributed by atoms with E-state index in [4.69, 9.17) is 9.47 Å². The van der Waals surface area contributed by atoms with Crippen LogP contribution in [0.1, 0.15) is 37.5 Å². The highest BCUT2D eigenvalue weighted by Gasteiger charge is 2.19. The van der Waals surface area contributed by atoms with Gasteiger partial charge in [-0.25, -0.2) is 5.43 Å². The summed E-state index contributed by atoms with van der Waals surface area (Å²) in [6.45, 7) is 7.03. The molecule has 4 aromatic carbocycles. The lowest BCUT2D eigenvalue weighted by molar-refractivity contribution is -0.118. The number of nitrogens with zero attached hydrogens (tertiary/aromatic N) is 4. The van der Waals surface area contributed by atoms with Crippen molar-refractivity contribution in [3.63, 3.8) is 0 Å². The van der Waals surface area contributed by atoms with Gasteiger partial charge in [-0.2, -0.15) is 5.10 Å². The number of hydrazone groups is 1. The normalized spacial score (nSPS) is 11.5. The Labute approximate surface area is 262 Å². The van der Waals surface area contributed by atoms with Gasteiger partial charge < -0.3 is 9.47 Å². The molecule has 1 N–H and O–H groups in total. The second-order valence-corrected chi connectivity index (χ2v) is 12.0. The van der Waals surface area contributed by atoms with Gasteiger partial charge in [0.1, 0.15) is 18.1 Å². The average molecular weight is 606 g/mol. The standard InChI is InChI=1S/C35H35N5O3S/c1-35(2,3)28-15-13-27(14-16-28)33-38-39-34(40(33)29-17-19-30(42-4)20-18-29)44-24-32(41)37-36-22-26-11-8-12-31(21-26)43-23-25-9-6-5-7-10-25/h5-22H,23-24H2,1-4H3,(H,37,41). The van der Waals surface area contributed by atoms with E-state index in [1.165, 1.54) is 17.3 Å². The first-order valence-corrected chi connectivity index (χ1v) is 15.2. The summed E-state index contributed by atoms with van der Waals surface area (Å²) >= 11 is 1.29. The Morgan fingerprint density at radius 1 is 0.909 bits per heavy atom. The number of amides is 1. The number of hydrogen-bond acceptors (Lipinski definition) is 7. The maximum absolute atomic E-state index is 12.7. The van der Waals surface area contributed by atoms with E-state index in [0.29, 0.717) is 17.6 Å². The number of thioether (sulfide) groups is 1. The topological polar surface area (TPSA) is 90.6 Å². The average Bonchev–Trinajstić information content (AvgIpc) is 3.47. The minimum Gasteiger partial charge on any atom is -0.497 e. The molecule has 0 aliphatic rings. The molecule has 5 aromatic rings. The summed E-state index contributed by atoms with van der Waals surface area (Å²) in [5, 5.41) is 13.7. The fraction of sp³-hybridized carbons (Fsp3) is 0.200. The van der Waals surface area contributed by atoms with Crippen molar-refractivity contribution in [1.82, 2.24) is 20.2 Å². The number of carbonyl (C=O) groups is 1. The predicted molar refractivity (Wildman–Crippen MR) is 176 cm³/mol. The minimum absolute atomic E-state index is 0.0397. The summed E-state index contributed by atoms with van der Waals surface area (Å²) in [6.07, 6.45) is 1.59. The van der Waals surface area contributed by atoms with Crippen LogP contribution in [-0.4, -0.2) is 39.7 Å². The fourth-order valence-electron chi connectivity index (χ4n) is 4.40. The Bertz CT molecular complexity index is 1710. The summed E-state index contributed by atoms with van der Waals surface area (Å²) in [5.41, 5.74) is 7.57. The van der Waals surface area contributed by atoms with Gasteiger partial charge in [0.2, 0.25) is 0 Å². The van der Waals surface area contributed by atoms with E-state index in [2.05, 4.69) is 65.8 Å². The molecule has 0 bridgehead atoms. The highest BCUT2D eigenvalue weighted by atomic mass is 32.2. The lowest BCUT2D eigenvalue weighted by Gasteiger charge is -2.19. The molecular weight excluding hydrogens is 570 g/mol. The molecule has 0 spiro atoms. The maximum atomic E-state index is 12.7. The van der Waals surface area contributed by atoms with Crippen LogP contribution in [0, 0.1) is 0 Å². The van der Waals surface area contributed by atoms with Crippen LogP contribution in [0.5, 0.6) is 11.5 Å². The zero-order valence-corrected chi connectivity index (χ0v) is 26.0. The Morgan fingerprint density at radius 3 is 2.36 bits per heavy atom. The summed E-state index contributed by atoms with van der Waals surface area (Å²) in [7, 11) is 1.63. The van der Waals surface area contributed by atoms with Gasteiger partial charge >= 0.3 is 0 Å². The quantitative estimate of drug-likeness (QED) is 0.0985. The number of aromatic nitrogens is 3. The van der Waals surface area contributed by atoms with Gasteiger partial charge in [0.15, 0.2) is 11.0 Å². The molecular formula is C35H35N5O3S. The Morgan fingerprint density at radius 2 is 1.66 bits per heavy atom. The SMILES string of the molecule is COc1ccc(-n2c(SCC(=O)NN=Cc3cccc(OCc4ccccc4)c3)nnc2-c2ccc(C(C)(C)C)cc2)cc1. The molecule has 44 heavy (non-hydrogen) atoms. The largest absolute Gasteiger partial charge is 0.497 e. The fourth-order valence-corrected chi connectivity index (χ4v) is 5.14. The third kappa shape index (κ3) is 7.93. The van der Waals surface area contributed by atoms with Crippen LogP contribution in [0.2, 0.25) is 0 Å². The minimum atomic E-state index is -0.261. The Hall–Kier alpha value is -4.89. The monoisotopic (exact) mass is 605 g/mol. The van der Waals surface area contributed by atoms with Crippen LogP contribution in [-0.2, 0) is 16.8 Å². The van der Waals surface area contributed by atoms with Gasteiger partial charge in [0.25, 0.3) is 5.91 Å². The molecule has 0 unspecified atom stereocenters. The van der Waals surface area contributed by atoms with Crippen molar-refractivity contribution in [2.75, 3.05) is 12.9 Å². The summed E-state index contributed by atoms with van der Waals surface area (Å²) in [6, 6.07) is 33.5. The van der Waals surface area contributed by atoms with Crippen LogP contribution >= 0.6 is 11.8 Å². The van der Waals surface area contributed by atoms with Gasteiger partial charge in [-0.1, -0.05) is 99.3 Å². The predicted octanol–water partition coefficient (Wildman–Crippen LogP) is 7.06. The third-order valence-electron chi connectivity index (χ3n) is 6.81. The molecule has 1 aromatic heterocycles. The molecule has 0 saturated heterocycles. The second kappa shape index (κ2) is 14.1. The van der Waals surface area contributed by atoms with Gasteiger partial charge in [-0.05, 0) is 58.5 Å². The van der Waals surface area contributed by atoms with Gasteiger partial charge in [-0.3, -0.25) is 9.36 Å². The first-order chi connectivity index (χ1) is 21.3. The lowest BCUT2D eigenvalue weighted by Crippen LogP contribution is -2.20. The van der Waals surface area contributed by atoms with Crippen molar-refractivity contribution in [1.29, 1.82) is 0 Å². The summed E-state index contributed by atoms with van der Waals surface area (Å²) < 4.78 is 13.2. The highest BCUT2D eigenvalue weighted by molar-refractivity contribution is 7.99. The van der Waals surface area contributed by atoms with Crippen molar-refractivity contribution in [3.05, 3.63) is 120 Å². The molecule has 0 atom stereocenters. The molecule has 224 valence electrons. The number of carbonyl (C=O) groups excluding carboxylic acids is 1. The summed E-state index contributed by atoms with van der Waals surface area (Å²) in [4.78, 5) is 12.7. The second-order valence-electron chi connectivity index (χ2n) is 11.1. The van der Waals surface area contributed by atoms with Crippen molar-refractivity contribution in [2.24, 2.45) is 5.10 Å². The zero-order valence-electron chi connectivity index (χ0n) is 25.2. The van der Waals surface area contributed by atoms with Crippen molar-refractivity contribution in [2.45, 2.75) is 37.9 Å². The van der Waals surface area contributed by atoms with E-state index in [9.17, 15) is 4.79 Å². The van der Waals surface area contributed by atoms with E-state index < -0.39 is 0 Å². The van der Waals surface area contributed by atoms with Crippen LogP contribution in [0.25, 0.3) is 17.1 Å². The molecule has 1 amide bonds. The first-order valence-electron chi connectivity index (χ1n) is 14.2. The van der Waals surface area contributed by atoms with E-state index >= 15 is 0 Å². The Balaban J connectivity index is 1.25. The molecule has 1 heterocycles. The van der Waals surface area contributed by atoms with E-state index in [1.807, 2.05) is 83.4 Å². The van der Waals surface area contributed by atoms with Crippen molar-refractivity contribution < 1.29 is 14.3 Å². The number of benzene rings is 4. The number of methoxy groups -OCH3 is 1. The van der Waals surface area contributed by atoms with Crippen LogP contribution in [0.3, 0.4) is 0 Å². The molecule has 0 radical (unpaired) electrons. The van der Waals surface area contributed by atoms with Crippen molar-refractivity contribution >= 4 is 23.9 Å². The van der Waals surface area contributed by atoms with Gasteiger partial charge in [0, 0.05) is 11.3 Å². The molecule has 0 fully saturated rings. The molecule has 0 aliphatic carbocycles.